The molecule has 0 aliphatic heterocycles. The molecule has 0 spiro atoms. The summed E-state index contributed by atoms with van der Waals surface area (Å²) < 4.78 is 5.77. The van der Waals surface area contributed by atoms with Crippen molar-refractivity contribution >= 4 is 5.97 Å². The number of aliphatic hydroxyl groups is 2. The molecular formula is C18H32O4. The van der Waals surface area contributed by atoms with Crippen molar-refractivity contribution in [2.75, 3.05) is 0 Å². The van der Waals surface area contributed by atoms with Crippen molar-refractivity contribution in [2.45, 2.75) is 102 Å². The van der Waals surface area contributed by atoms with Crippen molar-refractivity contribution in [3.63, 3.8) is 0 Å². The Hall–Kier alpha value is -0.610. The molecule has 0 saturated heterocycles. The minimum atomic E-state index is -0.961. The van der Waals surface area contributed by atoms with Crippen LogP contribution in [0.3, 0.4) is 0 Å². The van der Waals surface area contributed by atoms with Gasteiger partial charge in [-0.05, 0) is 46.0 Å². The van der Waals surface area contributed by atoms with Crippen LogP contribution >= 0.6 is 0 Å². The van der Waals surface area contributed by atoms with Gasteiger partial charge >= 0.3 is 5.97 Å². The zero-order valence-corrected chi connectivity index (χ0v) is 14.4. The van der Waals surface area contributed by atoms with E-state index in [1.54, 1.807) is 0 Å². The van der Waals surface area contributed by atoms with E-state index in [0.717, 1.165) is 38.5 Å². The van der Waals surface area contributed by atoms with E-state index in [1.807, 2.05) is 20.8 Å². The Balaban J connectivity index is 2.13. The second kappa shape index (κ2) is 6.48. The highest BCUT2D eigenvalue weighted by Crippen LogP contribution is 2.42. The van der Waals surface area contributed by atoms with Crippen molar-refractivity contribution in [1.29, 1.82) is 0 Å². The zero-order chi connectivity index (χ0) is 16.4. The molecule has 2 fully saturated rings. The molecule has 128 valence electrons. The van der Waals surface area contributed by atoms with Crippen LogP contribution in [0.1, 0.15) is 85.0 Å². The molecule has 0 heterocycles. The van der Waals surface area contributed by atoms with Gasteiger partial charge in [0.25, 0.3) is 0 Å². The normalized spacial score (nSPS) is 25.1. The smallest absolute Gasteiger partial charge is 0.311 e. The molecule has 0 radical (unpaired) electrons. The van der Waals surface area contributed by atoms with E-state index < -0.39 is 22.7 Å². The largest absolute Gasteiger partial charge is 0.459 e. The summed E-state index contributed by atoms with van der Waals surface area (Å²) in [4.78, 5) is 12.5. The van der Waals surface area contributed by atoms with Crippen molar-refractivity contribution in [3.8, 4) is 0 Å². The lowest BCUT2D eigenvalue weighted by Gasteiger charge is -2.38. The predicted molar refractivity (Wildman–Crippen MR) is 85.4 cm³/mol. The predicted octanol–water partition coefficient (Wildman–Crippen LogP) is 3.33. The van der Waals surface area contributed by atoms with Gasteiger partial charge in [-0.15, -0.1) is 0 Å². The van der Waals surface area contributed by atoms with Crippen molar-refractivity contribution < 1.29 is 19.7 Å². The number of hydrogen-bond acceptors (Lipinski definition) is 4. The van der Waals surface area contributed by atoms with Crippen LogP contribution in [0.2, 0.25) is 0 Å². The van der Waals surface area contributed by atoms with Gasteiger partial charge in [-0.3, -0.25) is 4.79 Å². The van der Waals surface area contributed by atoms with Crippen molar-refractivity contribution in [3.05, 3.63) is 0 Å². The number of hydrogen-bond donors (Lipinski definition) is 2. The van der Waals surface area contributed by atoms with E-state index in [-0.39, 0.29) is 5.97 Å². The van der Waals surface area contributed by atoms with Gasteiger partial charge < -0.3 is 14.9 Å². The molecule has 1 unspecified atom stereocenters. The first-order valence-electron chi connectivity index (χ1n) is 8.87. The van der Waals surface area contributed by atoms with Crippen LogP contribution in [0.4, 0.5) is 0 Å². The first kappa shape index (κ1) is 17.7. The Kier molecular flexibility index (Phi) is 5.23. The molecule has 0 amide bonds. The molecule has 2 rings (SSSR count). The summed E-state index contributed by atoms with van der Waals surface area (Å²) in [5, 5.41) is 21.6. The minimum Gasteiger partial charge on any atom is -0.459 e. The third-order valence-electron chi connectivity index (χ3n) is 5.85. The summed E-state index contributed by atoms with van der Waals surface area (Å²) in [6.07, 6.45) is 7.23. The number of esters is 1. The highest BCUT2D eigenvalue weighted by molar-refractivity contribution is 5.76. The van der Waals surface area contributed by atoms with Crippen LogP contribution in [0.25, 0.3) is 0 Å². The van der Waals surface area contributed by atoms with E-state index in [1.165, 1.54) is 0 Å². The third kappa shape index (κ3) is 3.83. The molecule has 2 aliphatic carbocycles. The summed E-state index contributed by atoms with van der Waals surface area (Å²) in [5.74, 6) is -0.262. The summed E-state index contributed by atoms with van der Waals surface area (Å²) in [6.45, 7) is 5.70. The summed E-state index contributed by atoms with van der Waals surface area (Å²) in [6, 6.07) is 0. The fraction of sp³-hybridized carbons (Fsp3) is 0.944. The third-order valence-corrected chi connectivity index (χ3v) is 5.85. The Bertz CT molecular complexity index is 390. The number of ether oxygens (including phenoxy) is 1. The average Bonchev–Trinajstić information content (AvgIpc) is 3.08. The van der Waals surface area contributed by atoms with Gasteiger partial charge in [-0.25, -0.2) is 0 Å². The SMILES string of the molecule is CCC(C)(C)C(=O)OC(CC1(O)CCCC1)C1(O)CCCC1. The van der Waals surface area contributed by atoms with Gasteiger partial charge in [0.05, 0.1) is 11.0 Å². The monoisotopic (exact) mass is 312 g/mol. The molecule has 22 heavy (non-hydrogen) atoms. The molecule has 1 atom stereocenters. The van der Waals surface area contributed by atoms with Crippen molar-refractivity contribution in [1.82, 2.24) is 0 Å². The standard InChI is InChI=1S/C18H32O4/c1-4-16(2,3)15(19)22-14(18(21)11-7-8-12-18)13-17(20)9-5-6-10-17/h14,20-21H,4-13H2,1-3H3. The van der Waals surface area contributed by atoms with Gasteiger partial charge in [-0.2, -0.15) is 0 Å². The second-order valence-corrected chi connectivity index (χ2v) is 8.08. The summed E-state index contributed by atoms with van der Waals surface area (Å²) >= 11 is 0. The number of carbonyl (C=O) groups excluding carboxylic acids is 1. The maximum absolute atomic E-state index is 12.5. The lowest BCUT2D eigenvalue weighted by atomic mass is 9.83. The van der Waals surface area contributed by atoms with Crippen LogP contribution in [-0.2, 0) is 9.53 Å². The molecule has 4 heteroatoms. The molecule has 2 saturated carbocycles. The van der Waals surface area contributed by atoms with Crippen LogP contribution in [0.15, 0.2) is 0 Å². The molecule has 0 bridgehead atoms. The lowest BCUT2D eigenvalue weighted by Crippen LogP contribution is -2.48. The summed E-state index contributed by atoms with van der Waals surface area (Å²) in [5.41, 5.74) is -2.29. The van der Waals surface area contributed by atoms with Gasteiger partial charge in [0.1, 0.15) is 11.7 Å². The Morgan fingerprint density at radius 1 is 1.09 bits per heavy atom. The Morgan fingerprint density at radius 2 is 1.59 bits per heavy atom. The highest BCUT2D eigenvalue weighted by atomic mass is 16.6. The molecule has 4 nitrogen and oxygen atoms in total. The second-order valence-electron chi connectivity index (χ2n) is 8.08. The van der Waals surface area contributed by atoms with Crippen molar-refractivity contribution in [2.24, 2.45) is 5.41 Å². The van der Waals surface area contributed by atoms with Gasteiger partial charge in [0.15, 0.2) is 0 Å². The van der Waals surface area contributed by atoms with E-state index in [9.17, 15) is 15.0 Å². The van der Waals surface area contributed by atoms with Crippen LogP contribution < -0.4 is 0 Å². The molecule has 2 aliphatic rings. The van der Waals surface area contributed by atoms with Gasteiger partial charge in [0.2, 0.25) is 0 Å². The first-order chi connectivity index (χ1) is 10.2. The Labute approximate surface area is 134 Å². The lowest BCUT2D eigenvalue weighted by molar-refractivity contribution is -0.182. The minimum absolute atomic E-state index is 0.262. The van der Waals surface area contributed by atoms with E-state index >= 15 is 0 Å². The Morgan fingerprint density at radius 3 is 2.09 bits per heavy atom. The molecular weight excluding hydrogens is 280 g/mol. The maximum Gasteiger partial charge on any atom is 0.311 e. The average molecular weight is 312 g/mol. The van der Waals surface area contributed by atoms with Crippen LogP contribution in [-0.4, -0.2) is 33.5 Å². The fourth-order valence-electron chi connectivity index (χ4n) is 3.67. The first-order valence-corrected chi connectivity index (χ1v) is 8.87. The molecule has 2 N–H and O–H groups in total. The number of carbonyl (C=O) groups is 1. The van der Waals surface area contributed by atoms with E-state index in [0.29, 0.717) is 25.7 Å². The van der Waals surface area contributed by atoms with E-state index in [2.05, 4.69) is 0 Å². The van der Waals surface area contributed by atoms with Gasteiger partial charge in [-0.1, -0.05) is 32.6 Å². The molecule has 0 aromatic carbocycles. The summed E-state index contributed by atoms with van der Waals surface area (Å²) in [7, 11) is 0. The highest BCUT2D eigenvalue weighted by Gasteiger charge is 2.47. The maximum atomic E-state index is 12.5. The topological polar surface area (TPSA) is 66.8 Å². The van der Waals surface area contributed by atoms with E-state index in [4.69, 9.17) is 4.74 Å². The van der Waals surface area contributed by atoms with Crippen LogP contribution in [0, 0.1) is 5.41 Å². The van der Waals surface area contributed by atoms with Crippen LogP contribution in [0.5, 0.6) is 0 Å². The molecule has 0 aromatic rings. The zero-order valence-electron chi connectivity index (χ0n) is 14.4. The fourth-order valence-corrected chi connectivity index (χ4v) is 3.67. The number of rotatable bonds is 6. The quantitative estimate of drug-likeness (QED) is 0.738. The van der Waals surface area contributed by atoms with Gasteiger partial charge in [0, 0.05) is 6.42 Å². The molecule has 0 aromatic heterocycles.